The van der Waals surface area contributed by atoms with Crippen molar-refractivity contribution in [1.82, 2.24) is 15.1 Å². The van der Waals surface area contributed by atoms with E-state index in [1.165, 1.54) is 6.42 Å². The molecule has 17 heavy (non-hydrogen) atoms. The van der Waals surface area contributed by atoms with Gasteiger partial charge in [0, 0.05) is 38.8 Å². The third-order valence-electron chi connectivity index (χ3n) is 3.45. The number of nitrogens with one attached hydrogen (secondary N) is 1. The molecule has 0 aliphatic carbocycles. The SMILES string of the molecule is C=CCNCC(=O)N1CCN(C(C)CC)CC1. The smallest absolute Gasteiger partial charge is 0.236 e. The maximum atomic E-state index is 11.8. The van der Waals surface area contributed by atoms with Crippen molar-refractivity contribution >= 4 is 5.91 Å². The first-order valence-corrected chi connectivity index (χ1v) is 6.52. The van der Waals surface area contributed by atoms with Crippen LogP contribution >= 0.6 is 0 Å². The van der Waals surface area contributed by atoms with Crippen LogP contribution in [0, 0.1) is 0 Å². The van der Waals surface area contributed by atoms with Crippen LogP contribution in [0.2, 0.25) is 0 Å². The Bertz CT molecular complexity index is 247. The van der Waals surface area contributed by atoms with Crippen LogP contribution in [0.15, 0.2) is 12.7 Å². The lowest BCUT2D eigenvalue weighted by atomic mass is 10.2. The highest BCUT2D eigenvalue weighted by Gasteiger charge is 2.22. The lowest BCUT2D eigenvalue weighted by Gasteiger charge is -2.37. The maximum Gasteiger partial charge on any atom is 0.236 e. The first kappa shape index (κ1) is 14.2. The number of rotatable bonds is 6. The van der Waals surface area contributed by atoms with Gasteiger partial charge in [0.15, 0.2) is 0 Å². The Kier molecular flexibility index (Phi) is 6.22. The number of hydrogen-bond acceptors (Lipinski definition) is 3. The van der Waals surface area contributed by atoms with Crippen molar-refractivity contribution in [2.45, 2.75) is 26.3 Å². The molecule has 1 saturated heterocycles. The van der Waals surface area contributed by atoms with Crippen LogP contribution in [0.5, 0.6) is 0 Å². The molecule has 0 aromatic heterocycles. The van der Waals surface area contributed by atoms with Gasteiger partial charge < -0.3 is 10.2 Å². The Hall–Kier alpha value is -0.870. The molecular formula is C13H25N3O. The summed E-state index contributed by atoms with van der Waals surface area (Å²) in [6.45, 7) is 12.9. The van der Waals surface area contributed by atoms with Crippen LogP contribution < -0.4 is 5.32 Å². The summed E-state index contributed by atoms with van der Waals surface area (Å²) in [5, 5.41) is 3.05. The van der Waals surface area contributed by atoms with Crippen molar-refractivity contribution in [3.05, 3.63) is 12.7 Å². The molecule has 0 bridgehead atoms. The van der Waals surface area contributed by atoms with E-state index < -0.39 is 0 Å². The van der Waals surface area contributed by atoms with Crippen LogP contribution in [0.4, 0.5) is 0 Å². The molecular weight excluding hydrogens is 214 g/mol. The van der Waals surface area contributed by atoms with E-state index in [2.05, 4.69) is 30.6 Å². The highest BCUT2D eigenvalue weighted by atomic mass is 16.2. The van der Waals surface area contributed by atoms with E-state index in [1.807, 2.05) is 4.90 Å². The summed E-state index contributed by atoms with van der Waals surface area (Å²) in [5.74, 6) is 0.204. The van der Waals surface area contributed by atoms with E-state index in [1.54, 1.807) is 6.08 Å². The van der Waals surface area contributed by atoms with Crippen molar-refractivity contribution in [3.8, 4) is 0 Å². The fourth-order valence-electron chi connectivity index (χ4n) is 2.06. The quantitative estimate of drug-likeness (QED) is 0.547. The first-order chi connectivity index (χ1) is 8.19. The fraction of sp³-hybridized carbons (Fsp3) is 0.769. The van der Waals surface area contributed by atoms with E-state index in [-0.39, 0.29) is 5.91 Å². The maximum absolute atomic E-state index is 11.8. The Labute approximate surface area is 105 Å². The van der Waals surface area contributed by atoms with Gasteiger partial charge in [-0.25, -0.2) is 0 Å². The van der Waals surface area contributed by atoms with E-state index in [0.29, 0.717) is 19.1 Å². The van der Waals surface area contributed by atoms with E-state index in [0.717, 1.165) is 26.2 Å². The Morgan fingerprint density at radius 2 is 2.06 bits per heavy atom. The van der Waals surface area contributed by atoms with Crippen molar-refractivity contribution in [1.29, 1.82) is 0 Å². The lowest BCUT2D eigenvalue weighted by molar-refractivity contribution is -0.132. The second kappa shape index (κ2) is 7.45. The zero-order chi connectivity index (χ0) is 12.7. The number of carbonyl (C=O) groups excluding carboxylic acids is 1. The average Bonchev–Trinajstić information content (AvgIpc) is 2.38. The van der Waals surface area contributed by atoms with Crippen molar-refractivity contribution in [3.63, 3.8) is 0 Å². The van der Waals surface area contributed by atoms with Crippen molar-refractivity contribution in [2.75, 3.05) is 39.3 Å². The molecule has 0 radical (unpaired) electrons. The van der Waals surface area contributed by atoms with E-state index in [4.69, 9.17) is 0 Å². The van der Waals surface area contributed by atoms with Gasteiger partial charge >= 0.3 is 0 Å². The third-order valence-corrected chi connectivity index (χ3v) is 3.45. The van der Waals surface area contributed by atoms with Gasteiger partial charge in [0.2, 0.25) is 5.91 Å². The Morgan fingerprint density at radius 3 is 2.59 bits per heavy atom. The van der Waals surface area contributed by atoms with E-state index >= 15 is 0 Å². The Balaban J connectivity index is 2.26. The zero-order valence-corrected chi connectivity index (χ0v) is 11.1. The van der Waals surface area contributed by atoms with E-state index in [9.17, 15) is 4.79 Å². The molecule has 1 heterocycles. The highest BCUT2D eigenvalue weighted by molar-refractivity contribution is 5.78. The molecule has 1 rings (SSSR count). The standard InChI is InChI=1S/C13H25N3O/c1-4-6-14-11-13(17)16-9-7-15(8-10-16)12(3)5-2/h4,12,14H,1,5-11H2,2-3H3. The van der Waals surface area contributed by atoms with Crippen LogP contribution in [0.25, 0.3) is 0 Å². The molecule has 1 fully saturated rings. The van der Waals surface area contributed by atoms with Crippen LogP contribution in [0.3, 0.4) is 0 Å². The molecule has 0 spiro atoms. The lowest BCUT2D eigenvalue weighted by Crippen LogP contribution is -2.52. The minimum absolute atomic E-state index is 0.204. The van der Waals surface area contributed by atoms with Crippen molar-refractivity contribution < 1.29 is 4.79 Å². The predicted octanol–water partition coefficient (Wildman–Crippen LogP) is 0.705. The summed E-state index contributed by atoms with van der Waals surface area (Å²) in [6, 6.07) is 0.631. The topological polar surface area (TPSA) is 35.6 Å². The normalized spacial score (nSPS) is 19.1. The molecule has 1 N–H and O–H groups in total. The molecule has 0 aromatic rings. The van der Waals surface area contributed by atoms with Crippen molar-refractivity contribution in [2.24, 2.45) is 0 Å². The number of amides is 1. The van der Waals surface area contributed by atoms with Gasteiger partial charge in [0.1, 0.15) is 0 Å². The van der Waals surface area contributed by atoms with Crippen LogP contribution in [0.1, 0.15) is 20.3 Å². The van der Waals surface area contributed by atoms with Gasteiger partial charge in [0.05, 0.1) is 6.54 Å². The summed E-state index contributed by atoms with van der Waals surface area (Å²) in [5.41, 5.74) is 0. The molecule has 4 nitrogen and oxygen atoms in total. The van der Waals surface area contributed by atoms with Gasteiger partial charge in [-0.05, 0) is 13.3 Å². The summed E-state index contributed by atoms with van der Waals surface area (Å²) < 4.78 is 0. The first-order valence-electron chi connectivity index (χ1n) is 6.52. The molecule has 4 heteroatoms. The van der Waals surface area contributed by atoms with Gasteiger partial charge in [-0.1, -0.05) is 13.0 Å². The monoisotopic (exact) mass is 239 g/mol. The van der Waals surface area contributed by atoms with Gasteiger partial charge in [-0.2, -0.15) is 0 Å². The number of carbonyl (C=O) groups is 1. The number of hydrogen-bond donors (Lipinski definition) is 1. The number of nitrogens with zero attached hydrogens (tertiary/aromatic N) is 2. The molecule has 1 unspecified atom stereocenters. The molecule has 0 saturated carbocycles. The highest BCUT2D eigenvalue weighted by Crippen LogP contribution is 2.08. The second-order valence-corrected chi connectivity index (χ2v) is 4.59. The molecule has 1 amide bonds. The Morgan fingerprint density at radius 1 is 1.41 bits per heavy atom. The largest absolute Gasteiger partial charge is 0.339 e. The van der Waals surface area contributed by atoms with Crippen LogP contribution in [-0.2, 0) is 4.79 Å². The third kappa shape index (κ3) is 4.48. The predicted molar refractivity (Wildman–Crippen MR) is 71.0 cm³/mol. The van der Waals surface area contributed by atoms with Gasteiger partial charge in [-0.3, -0.25) is 9.69 Å². The minimum Gasteiger partial charge on any atom is -0.339 e. The summed E-state index contributed by atoms with van der Waals surface area (Å²) in [4.78, 5) is 16.2. The molecule has 1 aliphatic heterocycles. The zero-order valence-electron chi connectivity index (χ0n) is 11.1. The molecule has 1 aliphatic rings. The van der Waals surface area contributed by atoms with Gasteiger partial charge in [-0.15, -0.1) is 6.58 Å². The number of piperazine rings is 1. The second-order valence-electron chi connectivity index (χ2n) is 4.59. The van der Waals surface area contributed by atoms with Crippen LogP contribution in [-0.4, -0.2) is 61.0 Å². The molecule has 98 valence electrons. The van der Waals surface area contributed by atoms with Gasteiger partial charge in [0.25, 0.3) is 0 Å². The minimum atomic E-state index is 0.204. The summed E-state index contributed by atoms with van der Waals surface area (Å²) >= 11 is 0. The average molecular weight is 239 g/mol. The summed E-state index contributed by atoms with van der Waals surface area (Å²) in [6.07, 6.45) is 2.95. The fourth-order valence-corrected chi connectivity index (χ4v) is 2.06. The molecule has 1 atom stereocenters. The summed E-state index contributed by atoms with van der Waals surface area (Å²) in [7, 11) is 0. The molecule has 0 aromatic carbocycles.